The normalized spacial score (nSPS) is 21.5. The van der Waals surface area contributed by atoms with Gasteiger partial charge in [0.05, 0.1) is 34.8 Å². The third-order valence-electron chi connectivity index (χ3n) is 4.57. The van der Waals surface area contributed by atoms with Gasteiger partial charge < -0.3 is 5.73 Å². The summed E-state index contributed by atoms with van der Waals surface area (Å²) in [5, 5.41) is 20.6. The standard InChI is InChI=1S/C18H16N8/c19-18(17-13-3-1-2-4-14(13)24-26-17)8-16(25-21-10-18)22-12-6-5-11-9-20-23-15(11)7-12/h1-7,9-10H,8,19H2,(H,20,23)(H,22,25)(H,24,26). The fourth-order valence-electron chi connectivity index (χ4n) is 3.27. The fourth-order valence-corrected chi connectivity index (χ4v) is 3.27. The lowest BCUT2D eigenvalue weighted by molar-refractivity contribution is 0.594. The number of amidine groups is 1. The highest BCUT2D eigenvalue weighted by Gasteiger charge is 2.33. The molecule has 0 bridgehead atoms. The number of hydrogen-bond acceptors (Lipinski definition) is 5. The van der Waals surface area contributed by atoms with Gasteiger partial charge in [0.1, 0.15) is 11.4 Å². The predicted molar refractivity (Wildman–Crippen MR) is 101 cm³/mol. The Bertz CT molecular complexity index is 1170. The number of nitrogens with two attached hydrogens (primary N) is 1. The minimum atomic E-state index is -0.807. The average molecular weight is 344 g/mol. The quantitative estimate of drug-likeness (QED) is 0.446. The number of hydrazone groups is 1. The topological polar surface area (TPSA) is 120 Å². The average Bonchev–Trinajstić information content (AvgIpc) is 3.28. The van der Waals surface area contributed by atoms with Gasteiger partial charge in [-0.3, -0.25) is 15.6 Å². The molecule has 0 saturated heterocycles. The van der Waals surface area contributed by atoms with Gasteiger partial charge in [0.25, 0.3) is 0 Å². The Morgan fingerprint density at radius 1 is 1.12 bits per heavy atom. The second-order valence-corrected chi connectivity index (χ2v) is 6.40. The van der Waals surface area contributed by atoms with E-state index in [9.17, 15) is 0 Å². The number of nitrogens with one attached hydrogen (secondary N) is 3. The van der Waals surface area contributed by atoms with E-state index in [1.54, 1.807) is 12.4 Å². The maximum Gasteiger partial charge on any atom is 0.125 e. The van der Waals surface area contributed by atoms with Crippen molar-refractivity contribution in [1.82, 2.24) is 25.8 Å². The Balaban J connectivity index is 1.52. The molecule has 3 heterocycles. The van der Waals surface area contributed by atoms with Gasteiger partial charge in [-0.05, 0) is 24.3 Å². The van der Waals surface area contributed by atoms with Crippen LogP contribution < -0.4 is 11.2 Å². The molecule has 1 aliphatic rings. The maximum absolute atomic E-state index is 6.65. The molecule has 128 valence electrons. The molecular formula is C18H16N8. The molecule has 2 aromatic heterocycles. The molecule has 1 atom stereocenters. The van der Waals surface area contributed by atoms with Crippen molar-refractivity contribution in [2.24, 2.45) is 15.8 Å². The first kappa shape index (κ1) is 14.8. The number of aliphatic imine (C=N–C) groups is 1. The van der Waals surface area contributed by atoms with E-state index in [2.05, 4.69) is 35.9 Å². The van der Waals surface area contributed by atoms with Crippen LogP contribution in [0.4, 0.5) is 5.69 Å². The van der Waals surface area contributed by atoms with E-state index in [1.807, 2.05) is 42.5 Å². The lowest BCUT2D eigenvalue weighted by atomic mass is 9.90. The molecule has 0 radical (unpaired) electrons. The molecule has 2 aromatic carbocycles. The van der Waals surface area contributed by atoms with Gasteiger partial charge in [0, 0.05) is 17.2 Å². The molecule has 1 aliphatic heterocycles. The molecule has 0 aliphatic carbocycles. The predicted octanol–water partition coefficient (Wildman–Crippen LogP) is 2.30. The summed E-state index contributed by atoms with van der Waals surface area (Å²) in [6.07, 6.45) is 3.96. The van der Waals surface area contributed by atoms with Gasteiger partial charge in [-0.15, -0.1) is 0 Å². The number of benzene rings is 2. The van der Waals surface area contributed by atoms with E-state index in [0.717, 1.165) is 33.2 Å². The number of hydrogen-bond donors (Lipinski definition) is 4. The van der Waals surface area contributed by atoms with E-state index < -0.39 is 5.54 Å². The largest absolute Gasteiger partial charge is 0.315 e. The Kier molecular flexibility index (Phi) is 3.13. The third-order valence-corrected chi connectivity index (χ3v) is 4.57. The highest BCUT2D eigenvalue weighted by Crippen LogP contribution is 2.29. The van der Waals surface area contributed by atoms with E-state index >= 15 is 0 Å². The van der Waals surface area contributed by atoms with Gasteiger partial charge in [-0.2, -0.15) is 15.3 Å². The van der Waals surface area contributed by atoms with Crippen LogP contribution in [0, 0.1) is 0 Å². The fraction of sp³-hybridized carbons (Fsp3) is 0.111. The van der Waals surface area contributed by atoms with Crippen LogP contribution in [0.25, 0.3) is 21.8 Å². The van der Waals surface area contributed by atoms with E-state index in [-0.39, 0.29) is 0 Å². The third kappa shape index (κ3) is 2.35. The van der Waals surface area contributed by atoms with Crippen LogP contribution in [0.2, 0.25) is 0 Å². The number of nitrogens with zero attached hydrogens (tertiary/aromatic N) is 4. The SMILES string of the molecule is NC1(c2[nH]nc3ccccc23)C=NNC(=Nc2ccc3cn[nH]c3c2)C1. The molecule has 5 N–H and O–H groups in total. The zero-order valence-corrected chi connectivity index (χ0v) is 13.8. The molecule has 5 rings (SSSR count). The summed E-state index contributed by atoms with van der Waals surface area (Å²) in [7, 11) is 0. The molecular weight excluding hydrogens is 328 g/mol. The first-order valence-corrected chi connectivity index (χ1v) is 8.25. The van der Waals surface area contributed by atoms with Gasteiger partial charge in [0.2, 0.25) is 0 Å². The van der Waals surface area contributed by atoms with Crippen LogP contribution in [0.1, 0.15) is 12.1 Å². The van der Waals surface area contributed by atoms with Crippen LogP contribution in [0.15, 0.2) is 58.8 Å². The second kappa shape index (κ2) is 5.50. The van der Waals surface area contributed by atoms with Crippen LogP contribution in [-0.4, -0.2) is 32.4 Å². The number of aromatic amines is 2. The van der Waals surface area contributed by atoms with Crippen LogP contribution in [0.5, 0.6) is 0 Å². The second-order valence-electron chi connectivity index (χ2n) is 6.40. The Morgan fingerprint density at radius 2 is 2.04 bits per heavy atom. The minimum Gasteiger partial charge on any atom is -0.315 e. The van der Waals surface area contributed by atoms with E-state index in [0.29, 0.717) is 12.3 Å². The first-order chi connectivity index (χ1) is 12.7. The maximum atomic E-state index is 6.65. The van der Waals surface area contributed by atoms with Gasteiger partial charge in [-0.1, -0.05) is 18.2 Å². The van der Waals surface area contributed by atoms with Gasteiger partial charge in [0.15, 0.2) is 0 Å². The molecule has 1 unspecified atom stereocenters. The summed E-state index contributed by atoms with van der Waals surface area (Å²) in [6, 6.07) is 13.7. The molecule has 0 amide bonds. The van der Waals surface area contributed by atoms with Crippen molar-refractivity contribution < 1.29 is 0 Å². The summed E-state index contributed by atoms with van der Waals surface area (Å²) in [5.74, 6) is 0.688. The Morgan fingerprint density at radius 3 is 3.00 bits per heavy atom. The molecule has 0 spiro atoms. The summed E-state index contributed by atoms with van der Waals surface area (Å²) in [5.41, 5.74) is 12.2. The van der Waals surface area contributed by atoms with Gasteiger partial charge in [-0.25, -0.2) is 4.99 Å². The highest BCUT2D eigenvalue weighted by atomic mass is 15.3. The molecule has 8 nitrogen and oxygen atoms in total. The number of H-pyrrole nitrogens is 2. The lowest BCUT2D eigenvalue weighted by Crippen LogP contribution is -2.47. The van der Waals surface area contributed by atoms with Crippen LogP contribution >= 0.6 is 0 Å². The van der Waals surface area contributed by atoms with Crippen LogP contribution in [0.3, 0.4) is 0 Å². The first-order valence-electron chi connectivity index (χ1n) is 8.25. The highest BCUT2D eigenvalue weighted by molar-refractivity contribution is 5.96. The minimum absolute atomic E-state index is 0.476. The van der Waals surface area contributed by atoms with Crippen molar-refractivity contribution >= 4 is 39.5 Å². The van der Waals surface area contributed by atoms with Crippen molar-refractivity contribution in [2.45, 2.75) is 12.0 Å². The Hall–Kier alpha value is -3.52. The zero-order valence-electron chi connectivity index (χ0n) is 13.8. The smallest absolute Gasteiger partial charge is 0.125 e. The molecule has 8 heteroatoms. The number of aromatic nitrogens is 4. The number of fused-ring (bicyclic) bond motifs is 2. The molecule has 26 heavy (non-hydrogen) atoms. The molecule has 0 fully saturated rings. The monoisotopic (exact) mass is 344 g/mol. The zero-order chi connectivity index (χ0) is 17.6. The van der Waals surface area contributed by atoms with Crippen LogP contribution in [-0.2, 0) is 5.54 Å². The van der Waals surface area contributed by atoms with Crippen molar-refractivity contribution in [1.29, 1.82) is 0 Å². The molecule has 4 aromatic rings. The number of rotatable bonds is 2. The summed E-state index contributed by atoms with van der Waals surface area (Å²) >= 11 is 0. The number of para-hydroxylation sites is 1. The van der Waals surface area contributed by atoms with Gasteiger partial charge >= 0.3 is 0 Å². The van der Waals surface area contributed by atoms with Crippen molar-refractivity contribution in [2.75, 3.05) is 0 Å². The van der Waals surface area contributed by atoms with Crippen molar-refractivity contribution in [3.63, 3.8) is 0 Å². The van der Waals surface area contributed by atoms with E-state index in [4.69, 9.17) is 5.73 Å². The molecule has 0 saturated carbocycles. The van der Waals surface area contributed by atoms with Crippen molar-refractivity contribution in [3.8, 4) is 0 Å². The summed E-state index contributed by atoms with van der Waals surface area (Å²) < 4.78 is 0. The lowest BCUT2D eigenvalue weighted by Gasteiger charge is -2.28. The summed E-state index contributed by atoms with van der Waals surface area (Å²) in [4.78, 5) is 4.66. The van der Waals surface area contributed by atoms with Crippen molar-refractivity contribution in [3.05, 3.63) is 54.4 Å². The van der Waals surface area contributed by atoms with E-state index in [1.165, 1.54) is 0 Å². The Labute approximate surface area is 148 Å². The summed E-state index contributed by atoms with van der Waals surface area (Å²) in [6.45, 7) is 0.